The predicted octanol–water partition coefficient (Wildman–Crippen LogP) is 3.16. The molecule has 168 valence electrons. The average molecular weight is 449 g/mol. The third-order valence-electron chi connectivity index (χ3n) is 5.07. The summed E-state index contributed by atoms with van der Waals surface area (Å²) >= 11 is 0. The summed E-state index contributed by atoms with van der Waals surface area (Å²) in [7, 11) is -1.30. The molecule has 0 saturated heterocycles. The number of hydrogen-bond donors (Lipinski definition) is 1. The number of benzene rings is 2. The quantitative estimate of drug-likeness (QED) is 0.654. The summed E-state index contributed by atoms with van der Waals surface area (Å²) < 4.78 is 37.2. The Kier molecular flexibility index (Phi) is 7.19. The number of amides is 1. The number of ether oxygens (including phenoxy) is 2. The van der Waals surface area contributed by atoms with E-state index >= 15 is 0 Å². The van der Waals surface area contributed by atoms with Crippen LogP contribution in [0.2, 0.25) is 0 Å². The summed E-state index contributed by atoms with van der Waals surface area (Å²) in [5, 5.41) is 3.02. The normalized spacial score (nSPS) is 14.9. The van der Waals surface area contributed by atoms with E-state index in [-0.39, 0.29) is 28.3 Å². The first-order chi connectivity index (χ1) is 14.7. The van der Waals surface area contributed by atoms with E-state index < -0.39 is 10.0 Å². The van der Waals surface area contributed by atoms with Crippen molar-refractivity contribution in [3.8, 4) is 11.5 Å². The highest BCUT2D eigenvalue weighted by Gasteiger charge is 2.24. The zero-order valence-corrected chi connectivity index (χ0v) is 18.9. The topological polar surface area (TPSA) is 94.2 Å². The first-order valence-electron chi connectivity index (χ1n) is 10.1. The van der Waals surface area contributed by atoms with Gasteiger partial charge in [0.05, 0.1) is 31.3 Å². The van der Waals surface area contributed by atoms with Crippen LogP contribution in [0.25, 0.3) is 0 Å². The lowest BCUT2D eigenvalue weighted by Crippen LogP contribution is -2.32. The van der Waals surface area contributed by atoms with Crippen molar-refractivity contribution in [1.29, 1.82) is 0 Å². The molecule has 0 radical (unpaired) electrons. The van der Waals surface area contributed by atoms with Crippen LogP contribution in [0.15, 0.2) is 47.4 Å². The summed E-state index contributed by atoms with van der Waals surface area (Å²) in [6.07, 6.45) is 0.811. The van der Waals surface area contributed by atoms with Gasteiger partial charge in [0.15, 0.2) is 11.5 Å². The Morgan fingerprint density at radius 2 is 1.81 bits per heavy atom. The summed E-state index contributed by atoms with van der Waals surface area (Å²) in [5.41, 5.74) is 1.13. The van der Waals surface area contributed by atoms with Crippen molar-refractivity contribution >= 4 is 15.9 Å². The van der Waals surface area contributed by atoms with Crippen molar-refractivity contribution in [2.75, 3.05) is 27.4 Å². The molecule has 9 heteroatoms. The molecule has 1 amide bonds. The summed E-state index contributed by atoms with van der Waals surface area (Å²) in [5.74, 6) is 1.06. The lowest BCUT2D eigenvalue weighted by Gasteiger charge is -2.24. The van der Waals surface area contributed by atoms with E-state index in [1.165, 1.54) is 32.4 Å². The van der Waals surface area contributed by atoms with E-state index in [1.807, 2.05) is 32.0 Å². The second kappa shape index (κ2) is 9.67. The highest BCUT2D eigenvalue weighted by Crippen LogP contribution is 2.34. The third kappa shape index (κ3) is 5.17. The maximum atomic E-state index is 13.0. The van der Waals surface area contributed by atoms with Gasteiger partial charge in [0, 0.05) is 19.0 Å². The number of nitrogens with zero attached hydrogens (tertiary/aromatic N) is 1. The minimum Gasteiger partial charge on any atom is -0.490 e. The van der Waals surface area contributed by atoms with Gasteiger partial charge in [-0.1, -0.05) is 30.4 Å². The molecular weight excluding hydrogens is 420 g/mol. The number of sulfonamides is 1. The largest absolute Gasteiger partial charge is 0.490 e. The zero-order valence-electron chi connectivity index (χ0n) is 18.1. The standard InChI is InChI=1S/C22H28N2O6S/c1-15(2)21(16-9-10-19-20(14-16)30-12-6-11-29-19)23-22(25)17-7-5-8-18(13-17)31(26,27)24(3)28-4/h5,7-10,13-15,21H,6,11-12H2,1-4H3,(H,23,25)/t21-/m0/s1. The van der Waals surface area contributed by atoms with Crippen molar-refractivity contribution in [2.45, 2.75) is 31.2 Å². The van der Waals surface area contributed by atoms with Crippen LogP contribution in [0.5, 0.6) is 11.5 Å². The Morgan fingerprint density at radius 3 is 2.48 bits per heavy atom. The number of nitrogens with one attached hydrogen (secondary N) is 1. The Balaban J connectivity index is 1.85. The van der Waals surface area contributed by atoms with Crippen molar-refractivity contribution < 1.29 is 27.5 Å². The minimum atomic E-state index is -3.86. The Labute approximate surface area is 183 Å². The van der Waals surface area contributed by atoms with E-state index in [4.69, 9.17) is 14.3 Å². The van der Waals surface area contributed by atoms with E-state index in [0.717, 1.165) is 16.5 Å². The zero-order chi connectivity index (χ0) is 22.6. The van der Waals surface area contributed by atoms with Gasteiger partial charge in [0.1, 0.15) is 0 Å². The Morgan fingerprint density at radius 1 is 1.10 bits per heavy atom. The van der Waals surface area contributed by atoms with Gasteiger partial charge in [-0.15, -0.1) is 0 Å². The summed E-state index contributed by atoms with van der Waals surface area (Å²) in [4.78, 5) is 17.8. The van der Waals surface area contributed by atoms with Crippen molar-refractivity contribution in [3.05, 3.63) is 53.6 Å². The molecule has 8 nitrogen and oxygen atoms in total. The number of hydrogen-bond acceptors (Lipinski definition) is 6. The number of carbonyl (C=O) groups is 1. The molecule has 0 unspecified atom stereocenters. The molecule has 1 aliphatic rings. The Hall–Kier alpha value is -2.62. The molecule has 2 aromatic carbocycles. The van der Waals surface area contributed by atoms with Crippen LogP contribution >= 0.6 is 0 Å². The van der Waals surface area contributed by atoms with Gasteiger partial charge >= 0.3 is 0 Å². The molecule has 2 aromatic rings. The lowest BCUT2D eigenvalue weighted by molar-refractivity contribution is -0.0258. The molecule has 0 spiro atoms. The molecule has 1 aliphatic heterocycles. The Bertz CT molecular complexity index is 1040. The number of fused-ring (bicyclic) bond motifs is 1. The monoisotopic (exact) mass is 448 g/mol. The highest BCUT2D eigenvalue weighted by molar-refractivity contribution is 7.89. The van der Waals surface area contributed by atoms with E-state index in [2.05, 4.69) is 5.32 Å². The van der Waals surface area contributed by atoms with Gasteiger partial charge < -0.3 is 14.8 Å². The van der Waals surface area contributed by atoms with Crippen LogP contribution in [-0.2, 0) is 14.9 Å². The summed E-state index contributed by atoms with van der Waals surface area (Å²) in [6.45, 7) is 5.19. The first-order valence-corrected chi connectivity index (χ1v) is 11.5. The second-order valence-corrected chi connectivity index (χ2v) is 9.51. The molecule has 1 N–H and O–H groups in total. The number of carbonyl (C=O) groups excluding carboxylic acids is 1. The van der Waals surface area contributed by atoms with Crippen LogP contribution < -0.4 is 14.8 Å². The van der Waals surface area contributed by atoms with Gasteiger partial charge in [-0.2, -0.15) is 0 Å². The van der Waals surface area contributed by atoms with Crippen LogP contribution in [0.4, 0.5) is 0 Å². The molecule has 0 aliphatic carbocycles. The first kappa shape index (κ1) is 23.1. The molecule has 3 rings (SSSR count). The number of rotatable bonds is 7. The molecule has 0 aromatic heterocycles. The minimum absolute atomic E-state index is 0.0267. The van der Waals surface area contributed by atoms with Gasteiger partial charge in [-0.25, -0.2) is 8.42 Å². The van der Waals surface area contributed by atoms with Crippen LogP contribution in [0, 0.1) is 5.92 Å². The molecule has 0 fully saturated rings. The van der Waals surface area contributed by atoms with E-state index in [0.29, 0.717) is 24.7 Å². The van der Waals surface area contributed by atoms with Crippen molar-refractivity contribution in [3.63, 3.8) is 0 Å². The fourth-order valence-electron chi connectivity index (χ4n) is 3.28. The van der Waals surface area contributed by atoms with Gasteiger partial charge in [0.2, 0.25) is 0 Å². The van der Waals surface area contributed by atoms with Crippen molar-refractivity contribution in [1.82, 2.24) is 9.79 Å². The van der Waals surface area contributed by atoms with Crippen molar-refractivity contribution in [2.24, 2.45) is 5.92 Å². The number of hydroxylamine groups is 1. The lowest BCUT2D eigenvalue weighted by atomic mass is 9.95. The molecule has 0 bridgehead atoms. The molecule has 1 atom stereocenters. The molecule has 31 heavy (non-hydrogen) atoms. The third-order valence-corrected chi connectivity index (χ3v) is 6.75. The fraction of sp³-hybridized carbons (Fsp3) is 0.409. The second-order valence-electron chi connectivity index (χ2n) is 7.58. The highest BCUT2D eigenvalue weighted by atomic mass is 32.2. The molecular formula is C22H28N2O6S. The van der Waals surface area contributed by atoms with Crippen LogP contribution in [0.1, 0.15) is 42.2 Å². The molecule has 1 heterocycles. The van der Waals surface area contributed by atoms with Crippen LogP contribution in [-0.4, -0.2) is 46.2 Å². The van der Waals surface area contributed by atoms with Crippen LogP contribution in [0.3, 0.4) is 0 Å². The SMILES string of the molecule is CON(C)S(=O)(=O)c1cccc(C(=O)N[C@H](c2ccc3c(c2)OCCCO3)C(C)C)c1. The van der Waals surface area contributed by atoms with Gasteiger partial charge in [-0.3, -0.25) is 9.63 Å². The fourth-order valence-corrected chi connectivity index (χ4v) is 4.30. The van der Waals surface area contributed by atoms with Gasteiger partial charge in [0.25, 0.3) is 15.9 Å². The average Bonchev–Trinajstić information content (AvgIpc) is 3.01. The molecule has 0 saturated carbocycles. The summed E-state index contributed by atoms with van der Waals surface area (Å²) in [6, 6.07) is 11.2. The van der Waals surface area contributed by atoms with E-state index in [1.54, 1.807) is 6.07 Å². The van der Waals surface area contributed by atoms with Gasteiger partial charge in [-0.05, 0) is 41.8 Å². The maximum absolute atomic E-state index is 13.0. The maximum Gasteiger partial charge on any atom is 0.264 e. The smallest absolute Gasteiger partial charge is 0.264 e. The van der Waals surface area contributed by atoms with E-state index in [9.17, 15) is 13.2 Å². The predicted molar refractivity (Wildman–Crippen MR) is 115 cm³/mol.